The van der Waals surface area contributed by atoms with Crippen molar-refractivity contribution in [2.75, 3.05) is 18.2 Å². The second-order valence-electron chi connectivity index (χ2n) is 4.54. The van der Waals surface area contributed by atoms with Crippen molar-refractivity contribution in [3.63, 3.8) is 0 Å². The summed E-state index contributed by atoms with van der Waals surface area (Å²) >= 11 is 0. The average molecular weight is 219 g/mol. The molecule has 0 amide bonds. The molecule has 0 fully saturated rings. The maximum Gasteiger partial charge on any atom is 0.0748 e. The second-order valence-corrected chi connectivity index (χ2v) is 4.54. The first-order chi connectivity index (χ1) is 7.83. The van der Waals surface area contributed by atoms with Gasteiger partial charge in [0, 0.05) is 6.54 Å². The first-order valence-corrected chi connectivity index (χ1v) is 6.32. The molecule has 0 bridgehead atoms. The van der Waals surface area contributed by atoms with Crippen molar-refractivity contribution in [1.82, 2.24) is 0 Å². The highest BCUT2D eigenvalue weighted by Gasteiger charge is 2.21. The fourth-order valence-electron chi connectivity index (χ4n) is 2.17. The van der Waals surface area contributed by atoms with Gasteiger partial charge >= 0.3 is 0 Å². The Hall–Kier alpha value is -1.02. The standard InChI is InChI=1S/C14H21NO/c1-3-4-11-16-15-10-9-12(2)13-7-5-6-8-14(13)15/h5-8,12H,3-4,9-11H2,1-2H3. The van der Waals surface area contributed by atoms with Crippen LogP contribution in [0, 0.1) is 0 Å². The zero-order valence-corrected chi connectivity index (χ0v) is 10.3. The molecule has 0 aliphatic carbocycles. The lowest BCUT2D eigenvalue weighted by Crippen LogP contribution is -2.31. The molecule has 1 aliphatic heterocycles. The molecular formula is C14H21NO. The topological polar surface area (TPSA) is 12.5 Å². The Balaban J connectivity index is 2.09. The van der Waals surface area contributed by atoms with Crippen LogP contribution in [0.3, 0.4) is 0 Å². The van der Waals surface area contributed by atoms with Crippen molar-refractivity contribution in [3.05, 3.63) is 29.8 Å². The second kappa shape index (κ2) is 5.35. The third-order valence-electron chi connectivity index (χ3n) is 3.25. The van der Waals surface area contributed by atoms with Crippen molar-refractivity contribution >= 4 is 5.69 Å². The average Bonchev–Trinajstić information content (AvgIpc) is 2.33. The van der Waals surface area contributed by atoms with E-state index in [0.29, 0.717) is 5.92 Å². The maximum atomic E-state index is 5.83. The predicted octanol–water partition coefficient (Wildman–Crippen LogP) is 3.73. The molecule has 2 nitrogen and oxygen atoms in total. The van der Waals surface area contributed by atoms with E-state index in [1.807, 2.05) is 0 Å². The summed E-state index contributed by atoms with van der Waals surface area (Å²) in [5, 5.41) is 2.07. The quantitative estimate of drug-likeness (QED) is 0.715. The third kappa shape index (κ3) is 2.38. The Labute approximate surface area is 98.2 Å². The number of fused-ring (bicyclic) bond motifs is 1. The molecule has 0 saturated carbocycles. The lowest BCUT2D eigenvalue weighted by molar-refractivity contribution is 0.0996. The van der Waals surface area contributed by atoms with Crippen molar-refractivity contribution < 1.29 is 4.84 Å². The molecule has 0 aromatic heterocycles. The summed E-state index contributed by atoms with van der Waals surface area (Å²) in [5.74, 6) is 0.655. The molecular weight excluding hydrogens is 198 g/mol. The van der Waals surface area contributed by atoms with Gasteiger partial charge in [0.2, 0.25) is 0 Å². The molecule has 2 rings (SSSR count). The smallest absolute Gasteiger partial charge is 0.0748 e. The van der Waals surface area contributed by atoms with Crippen molar-refractivity contribution in [3.8, 4) is 0 Å². The van der Waals surface area contributed by atoms with Crippen LogP contribution in [-0.4, -0.2) is 13.2 Å². The van der Waals surface area contributed by atoms with Crippen LogP contribution in [0.25, 0.3) is 0 Å². The summed E-state index contributed by atoms with van der Waals surface area (Å²) < 4.78 is 0. The predicted molar refractivity (Wildman–Crippen MR) is 67.7 cm³/mol. The van der Waals surface area contributed by atoms with Crippen LogP contribution >= 0.6 is 0 Å². The number of rotatable bonds is 4. The number of benzene rings is 1. The van der Waals surface area contributed by atoms with Gasteiger partial charge in [-0.25, -0.2) is 0 Å². The van der Waals surface area contributed by atoms with Crippen LogP contribution in [0.15, 0.2) is 24.3 Å². The zero-order valence-electron chi connectivity index (χ0n) is 10.3. The van der Waals surface area contributed by atoms with E-state index in [4.69, 9.17) is 4.84 Å². The highest BCUT2D eigenvalue weighted by Crippen LogP contribution is 2.34. The minimum absolute atomic E-state index is 0.655. The maximum absolute atomic E-state index is 5.83. The van der Waals surface area contributed by atoms with Gasteiger partial charge in [-0.3, -0.25) is 9.90 Å². The van der Waals surface area contributed by atoms with Crippen LogP contribution in [0.1, 0.15) is 44.6 Å². The summed E-state index contributed by atoms with van der Waals surface area (Å²) in [6, 6.07) is 8.59. The molecule has 1 aliphatic rings. The highest BCUT2D eigenvalue weighted by atomic mass is 16.7. The summed E-state index contributed by atoms with van der Waals surface area (Å²) in [7, 11) is 0. The Morgan fingerprint density at radius 3 is 3.00 bits per heavy atom. The molecule has 0 N–H and O–H groups in total. The lowest BCUT2D eigenvalue weighted by Gasteiger charge is -2.33. The molecule has 1 unspecified atom stereocenters. The number of anilines is 1. The van der Waals surface area contributed by atoms with Crippen LogP contribution in [0.2, 0.25) is 0 Å². The molecule has 0 saturated heterocycles. The molecule has 0 radical (unpaired) electrons. The van der Waals surface area contributed by atoms with Crippen LogP contribution in [0.5, 0.6) is 0 Å². The van der Waals surface area contributed by atoms with Gasteiger partial charge in [0.15, 0.2) is 0 Å². The minimum atomic E-state index is 0.655. The minimum Gasteiger partial charge on any atom is -0.273 e. The molecule has 0 spiro atoms. The molecule has 1 aromatic rings. The van der Waals surface area contributed by atoms with Gasteiger partial charge in [-0.1, -0.05) is 38.5 Å². The van der Waals surface area contributed by atoms with E-state index in [2.05, 4.69) is 43.2 Å². The number of hydrogen-bond acceptors (Lipinski definition) is 2. The van der Waals surface area contributed by atoms with E-state index in [0.717, 1.165) is 19.6 Å². The van der Waals surface area contributed by atoms with E-state index in [9.17, 15) is 0 Å². The first kappa shape index (κ1) is 11.5. The molecule has 1 heterocycles. The Kier molecular flexibility index (Phi) is 3.83. The summed E-state index contributed by atoms with van der Waals surface area (Å²) in [6.45, 7) is 6.33. The fourth-order valence-corrected chi connectivity index (χ4v) is 2.17. The number of hydroxylamine groups is 1. The van der Waals surface area contributed by atoms with Crippen molar-refractivity contribution in [2.24, 2.45) is 0 Å². The SMILES string of the molecule is CCCCON1CCC(C)c2ccccc21. The van der Waals surface area contributed by atoms with Crippen LogP contribution < -0.4 is 5.06 Å². The van der Waals surface area contributed by atoms with E-state index < -0.39 is 0 Å². The van der Waals surface area contributed by atoms with E-state index in [1.54, 1.807) is 0 Å². The van der Waals surface area contributed by atoms with E-state index >= 15 is 0 Å². The molecule has 2 heteroatoms. The number of nitrogens with zero attached hydrogens (tertiary/aromatic N) is 1. The molecule has 1 atom stereocenters. The van der Waals surface area contributed by atoms with Gasteiger partial charge < -0.3 is 0 Å². The number of para-hydroxylation sites is 1. The number of unbranched alkanes of at least 4 members (excludes halogenated alkanes) is 1. The first-order valence-electron chi connectivity index (χ1n) is 6.32. The van der Waals surface area contributed by atoms with Gasteiger partial charge in [0.25, 0.3) is 0 Å². The zero-order chi connectivity index (χ0) is 11.4. The molecule has 88 valence electrons. The number of hydrogen-bond donors (Lipinski definition) is 0. The normalized spacial score (nSPS) is 19.6. The molecule has 16 heavy (non-hydrogen) atoms. The summed E-state index contributed by atoms with van der Waals surface area (Å²) in [5.41, 5.74) is 2.68. The largest absolute Gasteiger partial charge is 0.273 e. The Morgan fingerprint density at radius 2 is 2.19 bits per heavy atom. The Bertz CT molecular complexity index is 337. The highest BCUT2D eigenvalue weighted by molar-refractivity contribution is 5.55. The van der Waals surface area contributed by atoms with Gasteiger partial charge in [-0.15, -0.1) is 0 Å². The summed E-state index contributed by atoms with van der Waals surface area (Å²) in [6.07, 6.45) is 3.50. The van der Waals surface area contributed by atoms with Gasteiger partial charge in [-0.2, -0.15) is 0 Å². The third-order valence-corrected chi connectivity index (χ3v) is 3.25. The van der Waals surface area contributed by atoms with E-state index in [1.165, 1.54) is 24.1 Å². The molecule has 1 aromatic carbocycles. The lowest BCUT2D eigenvalue weighted by atomic mass is 9.93. The van der Waals surface area contributed by atoms with Crippen LogP contribution in [-0.2, 0) is 4.84 Å². The van der Waals surface area contributed by atoms with Gasteiger partial charge in [0.05, 0.1) is 12.3 Å². The summed E-state index contributed by atoms with van der Waals surface area (Å²) in [4.78, 5) is 5.83. The van der Waals surface area contributed by atoms with Gasteiger partial charge in [-0.05, 0) is 30.4 Å². The van der Waals surface area contributed by atoms with Crippen molar-refractivity contribution in [1.29, 1.82) is 0 Å². The Morgan fingerprint density at radius 1 is 1.38 bits per heavy atom. The monoisotopic (exact) mass is 219 g/mol. The van der Waals surface area contributed by atoms with Crippen LogP contribution in [0.4, 0.5) is 5.69 Å². The fraction of sp³-hybridized carbons (Fsp3) is 0.571. The van der Waals surface area contributed by atoms with Gasteiger partial charge in [0.1, 0.15) is 0 Å². The van der Waals surface area contributed by atoms with E-state index in [-0.39, 0.29) is 0 Å². The van der Waals surface area contributed by atoms with Crippen molar-refractivity contribution in [2.45, 2.75) is 39.0 Å².